The Kier molecular flexibility index (Phi) is 4.28. The number of pyridine rings is 2. The summed E-state index contributed by atoms with van der Waals surface area (Å²) in [6.45, 7) is 0.348. The summed E-state index contributed by atoms with van der Waals surface area (Å²) in [5, 5.41) is 0. The smallest absolute Gasteiger partial charge is 0.406 e. The molecule has 8 heteroatoms. The van der Waals surface area contributed by atoms with Gasteiger partial charge < -0.3 is 9.32 Å². The minimum Gasteiger partial charge on any atom is -0.406 e. The van der Waals surface area contributed by atoms with Crippen LogP contribution in [0.5, 0.6) is 0 Å². The zero-order valence-corrected chi connectivity index (χ0v) is 16.7. The van der Waals surface area contributed by atoms with Crippen molar-refractivity contribution in [3.8, 4) is 0 Å². The fourth-order valence-corrected chi connectivity index (χ4v) is 4.18. The number of carbonyl (C=O) groups excluding carboxylic acids is 1. The monoisotopic (exact) mass is 450 g/mol. The van der Waals surface area contributed by atoms with E-state index in [0.29, 0.717) is 29.8 Å². The number of nitrogens with one attached hydrogen (secondary N) is 1. The normalized spacial score (nSPS) is 15.8. The van der Waals surface area contributed by atoms with E-state index in [1.54, 1.807) is 18.5 Å². The van der Waals surface area contributed by atoms with Crippen LogP contribution >= 0.6 is 15.9 Å². The minimum atomic E-state index is -0.549. The summed E-state index contributed by atoms with van der Waals surface area (Å²) in [5.41, 5.74) is 4.12. The average molecular weight is 451 g/mol. The molecule has 4 heterocycles. The molecule has 144 valence electrons. The molecule has 5 rings (SSSR count). The van der Waals surface area contributed by atoms with Gasteiger partial charge in [-0.15, -0.1) is 0 Å². The highest BCUT2D eigenvalue weighted by atomic mass is 79.9. The predicted molar refractivity (Wildman–Crippen MR) is 109 cm³/mol. The number of carbonyl (C=O) groups is 1. The predicted octanol–water partition coefficient (Wildman–Crippen LogP) is 3.61. The van der Waals surface area contributed by atoms with E-state index in [1.807, 2.05) is 41.3 Å². The summed E-state index contributed by atoms with van der Waals surface area (Å²) in [5.74, 6) is -0.583. The summed E-state index contributed by atoms with van der Waals surface area (Å²) in [6.07, 6.45) is 3.98. The van der Waals surface area contributed by atoms with Crippen molar-refractivity contribution in [2.24, 2.45) is 0 Å². The van der Waals surface area contributed by atoms with Crippen molar-refractivity contribution in [2.45, 2.75) is 19.0 Å². The molecule has 7 nitrogen and oxygen atoms in total. The zero-order valence-electron chi connectivity index (χ0n) is 15.1. The van der Waals surface area contributed by atoms with Crippen LogP contribution in [0.1, 0.15) is 33.2 Å². The Morgan fingerprint density at radius 2 is 2.00 bits per heavy atom. The van der Waals surface area contributed by atoms with Gasteiger partial charge in [0.15, 0.2) is 11.2 Å². The number of amides is 1. The van der Waals surface area contributed by atoms with Crippen molar-refractivity contribution in [2.75, 3.05) is 0 Å². The lowest BCUT2D eigenvalue weighted by molar-refractivity contribution is 0.0708. The number of benzene rings is 1. The lowest BCUT2D eigenvalue weighted by atomic mass is 10.0. The third-order valence-corrected chi connectivity index (χ3v) is 5.82. The fraction of sp³-hybridized carbons (Fsp3) is 0.143. The number of hydrogen-bond donors (Lipinski definition) is 1. The van der Waals surface area contributed by atoms with Crippen molar-refractivity contribution in [3.63, 3.8) is 0 Å². The number of fused-ring (bicyclic) bond motifs is 2. The Morgan fingerprint density at radius 1 is 1.14 bits per heavy atom. The Balaban J connectivity index is 1.53. The molecule has 3 aromatic heterocycles. The molecule has 0 fully saturated rings. The van der Waals surface area contributed by atoms with Gasteiger partial charge in [-0.3, -0.25) is 14.8 Å². The molecule has 1 aliphatic heterocycles. The van der Waals surface area contributed by atoms with Gasteiger partial charge in [-0.2, -0.15) is 0 Å². The minimum absolute atomic E-state index is 0.0340. The van der Waals surface area contributed by atoms with Crippen molar-refractivity contribution in [1.29, 1.82) is 0 Å². The first-order valence-corrected chi connectivity index (χ1v) is 9.86. The van der Waals surface area contributed by atoms with Gasteiger partial charge in [0.2, 0.25) is 0 Å². The summed E-state index contributed by atoms with van der Waals surface area (Å²) >= 11 is 3.55. The Hall–Kier alpha value is -3.26. The third kappa shape index (κ3) is 3.15. The van der Waals surface area contributed by atoms with E-state index in [9.17, 15) is 9.59 Å². The molecule has 4 aromatic rings. The lowest BCUT2D eigenvalue weighted by Crippen LogP contribution is -2.29. The van der Waals surface area contributed by atoms with Crippen LogP contribution in [0, 0.1) is 0 Å². The topological polar surface area (TPSA) is 92.1 Å². The van der Waals surface area contributed by atoms with E-state index in [-0.39, 0.29) is 11.9 Å². The lowest BCUT2D eigenvalue weighted by Gasteiger charge is -2.25. The summed E-state index contributed by atoms with van der Waals surface area (Å²) < 4.78 is 6.02. The SMILES string of the molecule is O=C1c2ccccc2C(Cc2ncccc2Br)N1Cc1cnc2[nH]c(=O)oc2c1. The molecule has 1 N–H and O–H groups in total. The van der Waals surface area contributed by atoms with Crippen LogP contribution in [-0.4, -0.2) is 25.8 Å². The van der Waals surface area contributed by atoms with E-state index < -0.39 is 5.76 Å². The van der Waals surface area contributed by atoms with Gasteiger partial charge in [0.05, 0.1) is 11.7 Å². The number of aromatic nitrogens is 3. The fourth-order valence-electron chi connectivity index (χ4n) is 3.76. The first-order chi connectivity index (χ1) is 14.1. The number of halogens is 1. The zero-order chi connectivity index (χ0) is 20.0. The number of hydrogen-bond acceptors (Lipinski definition) is 5. The molecule has 0 bridgehead atoms. The molecule has 1 unspecified atom stereocenters. The van der Waals surface area contributed by atoms with Crippen LogP contribution in [0.25, 0.3) is 11.2 Å². The number of H-pyrrole nitrogens is 1. The third-order valence-electron chi connectivity index (χ3n) is 5.09. The molecule has 0 radical (unpaired) electrons. The van der Waals surface area contributed by atoms with E-state index >= 15 is 0 Å². The van der Waals surface area contributed by atoms with Crippen molar-refractivity contribution < 1.29 is 9.21 Å². The van der Waals surface area contributed by atoms with Crippen molar-refractivity contribution in [3.05, 3.63) is 92.3 Å². The molecule has 1 atom stereocenters. The molecule has 0 aliphatic carbocycles. The standard InChI is InChI=1S/C21H15BrN4O3/c22-15-6-3-7-23-16(15)9-17-13-4-1-2-5-14(13)20(27)26(17)11-12-8-18-19(24-10-12)25-21(28)29-18/h1-8,10,17H,9,11H2,(H,24,25,28). The summed E-state index contributed by atoms with van der Waals surface area (Å²) in [7, 11) is 0. The Morgan fingerprint density at radius 3 is 2.86 bits per heavy atom. The van der Waals surface area contributed by atoms with Crippen LogP contribution in [0.2, 0.25) is 0 Å². The molecule has 0 spiro atoms. The van der Waals surface area contributed by atoms with Gasteiger partial charge in [-0.1, -0.05) is 18.2 Å². The van der Waals surface area contributed by atoms with E-state index in [1.165, 1.54) is 0 Å². The first-order valence-electron chi connectivity index (χ1n) is 9.07. The second kappa shape index (κ2) is 6.97. The average Bonchev–Trinajstić information content (AvgIpc) is 3.21. The quantitative estimate of drug-likeness (QED) is 0.512. The molecule has 0 saturated carbocycles. The maximum atomic E-state index is 13.1. The molecule has 1 aliphatic rings. The van der Waals surface area contributed by atoms with Gasteiger partial charge in [0.1, 0.15) is 0 Å². The number of oxazole rings is 1. The van der Waals surface area contributed by atoms with Crippen molar-refractivity contribution >= 4 is 33.1 Å². The molecule has 29 heavy (non-hydrogen) atoms. The van der Waals surface area contributed by atoms with Gasteiger partial charge in [-0.05, 0) is 51.3 Å². The molecule has 1 amide bonds. The van der Waals surface area contributed by atoms with Crippen LogP contribution < -0.4 is 5.76 Å². The van der Waals surface area contributed by atoms with Crippen LogP contribution in [0.15, 0.2) is 68.5 Å². The number of aromatic amines is 1. The highest BCUT2D eigenvalue weighted by molar-refractivity contribution is 9.10. The maximum absolute atomic E-state index is 13.1. The van der Waals surface area contributed by atoms with Crippen LogP contribution in [0.4, 0.5) is 0 Å². The van der Waals surface area contributed by atoms with Crippen molar-refractivity contribution in [1.82, 2.24) is 19.9 Å². The highest BCUT2D eigenvalue weighted by Crippen LogP contribution is 2.37. The molecule has 0 saturated heterocycles. The molecule has 1 aromatic carbocycles. The van der Waals surface area contributed by atoms with Gasteiger partial charge in [0.25, 0.3) is 5.91 Å². The van der Waals surface area contributed by atoms with Crippen LogP contribution in [-0.2, 0) is 13.0 Å². The molecular weight excluding hydrogens is 436 g/mol. The van der Waals surface area contributed by atoms with E-state index in [2.05, 4.69) is 30.9 Å². The summed E-state index contributed by atoms with van der Waals surface area (Å²) in [6, 6.07) is 13.1. The maximum Gasteiger partial charge on any atom is 0.418 e. The number of rotatable bonds is 4. The largest absolute Gasteiger partial charge is 0.418 e. The Labute approximate surface area is 173 Å². The second-order valence-electron chi connectivity index (χ2n) is 6.88. The number of nitrogens with zero attached hydrogens (tertiary/aromatic N) is 3. The van der Waals surface area contributed by atoms with Crippen LogP contribution in [0.3, 0.4) is 0 Å². The first kappa shape index (κ1) is 17.8. The van der Waals surface area contributed by atoms with Gasteiger partial charge >= 0.3 is 5.76 Å². The second-order valence-corrected chi connectivity index (χ2v) is 7.73. The van der Waals surface area contributed by atoms with Gasteiger partial charge in [-0.25, -0.2) is 9.78 Å². The van der Waals surface area contributed by atoms with Gasteiger partial charge in [0, 0.05) is 35.4 Å². The van der Waals surface area contributed by atoms with E-state index in [4.69, 9.17) is 4.42 Å². The molecular formula is C21H15BrN4O3. The summed E-state index contributed by atoms with van der Waals surface area (Å²) in [4.78, 5) is 37.6. The highest BCUT2D eigenvalue weighted by Gasteiger charge is 2.37. The van der Waals surface area contributed by atoms with E-state index in [0.717, 1.165) is 21.3 Å². The Bertz CT molecular complexity index is 1300.